The van der Waals surface area contributed by atoms with Crippen molar-refractivity contribution in [1.82, 2.24) is 10.2 Å². The molecular weight excluding hydrogens is 152 g/mol. The Morgan fingerprint density at radius 1 is 1.50 bits per heavy atom. The fourth-order valence-electron chi connectivity index (χ4n) is 1.78. The van der Waals surface area contributed by atoms with Crippen LogP contribution in [0.3, 0.4) is 0 Å². The van der Waals surface area contributed by atoms with Gasteiger partial charge in [0.15, 0.2) is 0 Å². The molecule has 12 heavy (non-hydrogen) atoms. The zero-order valence-corrected chi connectivity index (χ0v) is 7.75. The summed E-state index contributed by atoms with van der Waals surface area (Å²) >= 11 is 0. The fourth-order valence-corrected chi connectivity index (χ4v) is 1.78. The highest BCUT2D eigenvalue weighted by Gasteiger charge is 2.19. The molecule has 1 amide bonds. The summed E-state index contributed by atoms with van der Waals surface area (Å²) in [5, 5.41) is 2.87. The number of likely N-dealkylation sites (tertiary alicyclic amines) is 1. The molecular formula is C9H18N2O. The summed E-state index contributed by atoms with van der Waals surface area (Å²) in [4.78, 5) is 12.7. The first-order chi connectivity index (χ1) is 5.88. The van der Waals surface area contributed by atoms with Crippen LogP contribution in [0.2, 0.25) is 0 Å². The molecule has 0 aromatic heterocycles. The molecule has 0 saturated carbocycles. The van der Waals surface area contributed by atoms with E-state index in [1.54, 1.807) is 0 Å². The van der Waals surface area contributed by atoms with Gasteiger partial charge in [-0.2, -0.15) is 0 Å². The minimum Gasteiger partial charge on any atom is -0.343 e. The van der Waals surface area contributed by atoms with Crippen molar-refractivity contribution in [3.63, 3.8) is 0 Å². The van der Waals surface area contributed by atoms with E-state index in [1.807, 2.05) is 0 Å². The first kappa shape index (κ1) is 9.52. The standard InChI is InChI=1S/C9H18N2O/c1-2-5-9(10-8-12)11-6-3-4-7-11/h8-9H,2-7H2,1H3,(H,10,12). The van der Waals surface area contributed by atoms with Gasteiger partial charge in [0.05, 0.1) is 6.17 Å². The average molecular weight is 170 g/mol. The summed E-state index contributed by atoms with van der Waals surface area (Å²) in [6.07, 6.45) is 5.86. The van der Waals surface area contributed by atoms with Gasteiger partial charge in [0, 0.05) is 13.1 Å². The van der Waals surface area contributed by atoms with Crippen LogP contribution in [0.25, 0.3) is 0 Å². The van der Waals surface area contributed by atoms with Crippen LogP contribution in [0.4, 0.5) is 0 Å². The number of hydrogen-bond acceptors (Lipinski definition) is 2. The summed E-state index contributed by atoms with van der Waals surface area (Å²) < 4.78 is 0. The zero-order valence-electron chi connectivity index (χ0n) is 7.75. The van der Waals surface area contributed by atoms with E-state index in [-0.39, 0.29) is 6.17 Å². The van der Waals surface area contributed by atoms with Gasteiger partial charge in [-0.05, 0) is 19.3 Å². The quantitative estimate of drug-likeness (QED) is 0.623. The van der Waals surface area contributed by atoms with Gasteiger partial charge in [-0.25, -0.2) is 0 Å². The molecule has 0 spiro atoms. The molecule has 1 unspecified atom stereocenters. The Kier molecular flexibility index (Phi) is 4.08. The Balaban J connectivity index is 2.33. The van der Waals surface area contributed by atoms with Gasteiger partial charge in [-0.15, -0.1) is 0 Å². The smallest absolute Gasteiger partial charge is 0.208 e. The summed E-state index contributed by atoms with van der Waals surface area (Å²) in [5.41, 5.74) is 0. The predicted molar refractivity (Wildman–Crippen MR) is 48.7 cm³/mol. The Morgan fingerprint density at radius 3 is 2.67 bits per heavy atom. The van der Waals surface area contributed by atoms with Crippen LogP contribution < -0.4 is 5.32 Å². The third-order valence-electron chi connectivity index (χ3n) is 2.40. The van der Waals surface area contributed by atoms with Crippen LogP contribution in [0.15, 0.2) is 0 Å². The average Bonchev–Trinajstić information content (AvgIpc) is 2.56. The highest BCUT2D eigenvalue weighted by atomic mass is 16.1. The molecule has 0 aromatic rings. The van der Waals surface area contributed by atoms with Crippen LogP contribution in [0, 0.1) is 0 Å². The lowest BCUT2D eigenvalue weighted by molar-refractivity contribution is -0.111. The summed E-state index contributed by atoms with van der Waals surface area (Å²) in [6.45, 7) is 4.44. The second kappa shape index (κ2) is 5.14. The molecule has 0 bridgehead atoms. The molecule has 1 atom stereocenters. The molecule has 1 aliphatic rings. The maximum atomic E-state index is 10.3. The topological polar surface area (TPSA) is 32.3 Å². The van der Waals surface area contributed by atoms with Crippen molar-refractivity contribution in [1.29, 1.82) is 0 Å². The lowest BCUT2D eigenvalue weighted by Gasteiger charge is -2.26. The predicted octanol–water partition coefficient (Wildman–Crippen LogP) is 0.954. The van der Waals surface area contributed by atoms with Crippen molar-refractivity contribution in [2.75, 3.05) is 13.1 Å². The first-order valence-corrected chi connectivity index (χ1v) is 4.82. The van der Waals surface area contributed by atoms with Gasteiger partial charge >= 0.3 is 0 Å². The number of nitrogens with one attached hydrogen (secondary N) is 1. The third kappa shape index (κ3) is 2.48. The van der Waals surface area contributed by atoms with Crippen LogP contribution in [-0.4, -0.2) is 30.6 Å². The molecule has 1 saturated heterocycles. The number of rotatable bonds is 5. The Morgan fingerprint density at radius 2 is 2.17 bits per heavy atom. The van der Waals surface area contributed by atoms with Crippen molar-refractivity contribution in [2.45, 2.75) is 38.8 Å². The second-order valence-corrected chi connectivity index (χ2v) is 3.33. The van der Waals surface area contributed by atoms with E-state index in [0.29, 0.717) is 0 Å². The van der Waals surface area contributed by atoms with E-state index in [2.05, 4.69) is 17.1 Å². The van der Waals surface area contributed by atoms with E-state index < -0.39 is 0 Å². The molecule has 1 fully saturated rings. The normalized spacial score (nSPS) is 20.8. The maximum absolute atomic E-state index is 10.3. The molecule has 1 rings (SSSR count). The van der Waals surface area contributed by atoms with Gasteiger partial charge in [0.2, 0.25) is 6.41 Å². The van der Waals surface area contributed by atoms with Crippen LogP contribution >= 0.6 is 0 Å². The van der Waals surface area contributed by atoms with Gasteiger partial charge < -0.3 is 5.32 Å². The number of amides is 1. The zero-order chi connectivity index (χ0) is 8.81. The van der Waals surface area contributed by atoms with Crippen molar-refractivity contribution >= 4 is 6.41 Å². The van der Waals surface area contributed by atoms with E-state index >= 15 is 0 Å². The Hall–Kier alpha value is -0.570. The second-order valence-electron chi connectivity index (χ2n) is 3.33. The Bertz CT molecular complexity index is 132. The van der Waals surface area contributed by atoms with Crippen molar-refractivity contribution in [3.05, 3.63) is 0 Å². The van der Waals surface area contributed by atoms with Crippen LogP contribution in [0.1, 0.15) is 32.6 Å². The molecule has 0 radical (unpaired) electrons. The number of carbonyl (C=O) groups is 1. The number of nitrogens with zero attached hydrogens (tertiary/aromatic N) is 1. The fraction of sp³-hybridized carbons (Fsp3) is 0.889. The van der Waals surface area contributed by atoms with Crippen LogP contribution in [-0.2, 0) is 4.79 Å². The molecule has 1 aliphatic heterocycles. The molecule has 0 aliphatic carbocycles. The summed E-state index contributed by atoms with van der Waals surface area (Å²) in [5.74, 6) is 0. The van der Waals surface area contributed by atoms with E-state index in [4.69, 9.17) is 0 Å². The third-order valence-corrected chi connectivity index (χ3v) is 2.40. The van der Waals surface area contributed by atoms with E-state index in [0.717, 1.165) is 32.3 Å². The molecule has 1 N–H and O–H groups in total. The van der Waals surface area contributed by atoms with Crippen molar-refractivity contribution in [3.8, 4) is 0 Å². The maximum Gasteiger partial charge on any atom is 0.208 e. The lowest BCUT2D eigenvalue weighted by Crippen LogP contribution is -2.43. The summed E-state index contributed by atoms with van der Waals surface area (Å²) in [7, 11) is 0. The molecule has 70 valence electrons. The molecule has 3 heteroatoms. The molecule has 3 nitrogen and oxygen atoms in total. The highest BCUT2D eigenvalue weighted by Crippen LogP contribution is 2.12. The largest absolute Gasteiger partial charge is 0.343 e. The minimum atomic E-state index is 0.287. The van der Waals surface area contributed by atoms with Gasteiger partial charge in [0.25, 0.3) is 0 Å². The van der Waals surface area contributed by atoms with Gasteiger partial charge in [0.1, 0.15) is 0 Å². The minimum absolute atomic E-state index is 0.287. The Labute approximate surface area is 74.1 Å². The lowest BCUT2D eigenvalue weighted by atomic mass is 10.2. The van der Waals surface area contributed by atoms with E-state index in [9.17, 15) is 4.79 Å². The monoisotopic (exact) mass is 170 g/mol. The van der Waals surface area contributed by atoms with Gasteiger partial charge in [-0.1, -0.05) is 13.3 Å². The van der Waals surface area contributed by atoms with Crippen molar-refractivity contribution in [2.24, 2.45) is 0 Å². The van der Waals surface area contributed by atoms with Crippen molar-refractivity contribution < 1.29 is 4.79 Å². The van der Waals surface area contributed by atoms with E-state index in [1.165, 1.54) is 12.8 Å². The highest BCUT2D eigenvalue weighted by molar-refractivity contribution is 5.46. The molecule has 0 aromatic carbocycles. The van der Waals surface area contributed by atoms with Crippen LogP contribution in [0.5, 0.6) is 0 Å². The van der Waals surface area contributed by atoms with Gasteiger partial charge in [-0.3, -0.25) is 9.69 Å². The SMILES string of the molecule is CCCC(NC=O)N1CCCC1. The summed E-state index contributed by atoms with van der Waals surface area (Å²) in [6, 6.07) is 0. The number of hydrogen-bond donors (Lipinski definition) is 1. The first-order valence-electron chi connectivity index (χ1n) is 4.82. The number of carbonyl (C=O) groups excluding carboxylic acids is 1. The molecule has 1 heterocycles.